The van der Waals surface area contributed by atoms with Gasteiger partial charge < -0.3 is 10.5 Å². The van der Waals surface area contributed by atoms with E-state index < -0.39 is 0 Å². The van der Waals surface area contributed by atoms with Crippen molar-refractivity contribution in [3.63, 3.8) is 0 Å². The molecule has 0 heterocycles. The summed E-state index contributed by atoms with van der Waals surface area (Å²) in [7, 11) is 0. The van der Waals surface area contributed by atoms with Crippen molar-refractivity contribution in [2.24, 2.45) is 5.73 Å². The molecule has 0 radical (unpaired) electrons. The van der Waals surface area contributed by atoms with Crippen LogP contribution in [0.2, 0.25) is 0 Å². The lowest BCUT2D eigenvalue weighted by Gasteiger charge is -2.11. The fraction of sp³-hybridized carbons (Fsp3) is 0.417. The van der Waals surface area contributed by atoms with Crippen LogP contribution >= 0.6 is 15.9 Å². The molecule has 1 aromatic carbocycles. The lowest BCUT2D eigenvalue weighted by molar-refractivity contribution is -0.143. The van der Waals surface area contributed by atoms with Crippen LogP contribution in [0.15, 0.2) is 28.7 Å². The maximum atomic E-state index is 10.9. The van der Waals surface area contributed by atoms with Gasteiger partial charge in [-0.25, -0.2) is 0 Å². The minimum Gasteiger partial charge on any atom is -0.464 e. The van der Waals surface area contributed by atoms with Gasteiger partial charge in [-0.15, -0.1) is 0 Å². The number of nitrogens with two attached hydrogens (primary N) is 1. The molecule has 0 fully saturated rings. The number of hydrogen-bond acceptors (Lipinski definition) is 3. The van der Waals surface area contributed by atoms with Crippen molar-refractivity contribution >= 4 is 21.9 Å². The van der Waals surface area contributed by atoms with Crippen LogP contribution in [-0.2, 0) is 16.0 Å². The zero-order valence-electron chi connectivity index (χ0n) is 9.28. The van der Waals surface area contributed by atoms with Gasteiger partial charge in [-0.3, -0.25) is 4.79 Å². The first-order valence-electron chi connectivity index (χ1n) is 5.27. The number of hydrogen-bond donors (Lipinski definition) is 1. The van der Waals surface area contributed by atoms with Gasteiger partial charge in [0.1, 0.15) is 6.61 Å². The van der Waals surface area contributed by atoms with Gasteiger partial charge in [-0.2, -0.15) is 0 Å². The summed E-state index contributed by atoms with van der Waals surface area (Å²) in [5.74, 6) is -0.203. The minimum absolute atomic E-state index is 0.142. The molecule has 16 heavy (non-hydrogen) atoms. The SMILES string of the molecule is CCC(=O)OC[C@H](N)Cc1ccc(Br)cc1. The molecule has 0 saturated carbocycles. The summed E-state index contributed by atoms with van der Waals surface area (Å²) in [5.41, 5.74) is 7.00. The van der Waals surface area contributed by atoms with Gasteiger partial charge in [0.05, 0.1) is 0 Å². The second kappa shape index (κ2) is 6.66. The molecule has 3 nitrogen and oxygen atoms in total. The maximum absolute atomic E-state index is 10.9. The third kappa shape index (κ3) is 4.77. The summed E-state index contributed by atoms with van der Waals surface area (Å²) in [6.07, 6.45) is 1.11. The molecule has 0 amide bonds. The summed E-state index contributed by atoms with van der Waals surface area (Å²) >= 11 is 3.37. The Hall–Kier alpha value is -0.870. The largest absolute Gasteiger partial charge is 0.464 e. The maximum Gasteiger partial charge on any atom is 0.305 e. The molecule has 0 unspecified atom stereocenters. The van der Waals surface area contributed by atoms with E-state index in [4.69, 9.17) is 10.5 Å². The first kappa shape index (κ1) is 13.2. The average molecular weight is 286 g/mol. The van der Waals surface area contributed by atoms with E-state index in [-0.39, 0.29) is 18.6 Å². The molecule has 88 valence electrons. The molecule has 0 saturated heterocycles. The van der Waals surface area contributed by atoms with E-state index >= 15 is 0 Å². The van der Waals surface area contributed by atoms with Crippen molar-refractivity contribution in [3.8, 4) is 0 Å². The zero-order valence-corrected chi connectivity index (χ0v) is 10.9. The Kier molecular flexibility index (Phi) is 5.49. The molecule has 1 atom stereocenters. The normalized spacial score (nSPS) is 12.2. The Balaban J connectivity index is 2.36. The third-order valence-electron chi connectivity index (χ3n) is 2.16. The molecular weight excluding hydrogens is 270 g/mol. The number of rotatable bonds is 5. The number of esters is 1. The molecule has 2 N–H and O–H groups in total. The predicted octanol–water partition coefficient (Wildman–Crippen LogP) is 2.27. The second-order valence-corrected chi connectivity index (χ2v) is 4.54. The fourth-order valence-corrected chi connectivity index (χ4v) is 1.55. The minimum atomic E-state index is -0.203. The topological polar surface area (TPSA) is 52.3 Å². The highest BCUT2D eigenvalue weighted by molar-refractivity contribution is 9.10. The van der Waals surface area contributed by atoms with E-state index in [0.717, 1.165) is 10.0 Å². The van der Waals surface area contributed by atoms with E-state index in [2.05, 4.69) is 15.9 Å². The van der Waals surface area contributed by atoms with Crippen LogP contribution in [0.3, 0.4) is 0 Å². The van der Waals surface area contributed by atoms with E-state index in [1.165, 1.54) is 0 Å². The Morgan fingerprint density at radius 3 is 2.62 bits per heavy atom. The highest BCUT2D eigenvalue weighted by Gasteiger charge is 2.07. The van der Waals surface area contributed by atoms with Gasteiger partial charge in [-0.1, -0.05) is 35.0 Å². The van der Waals surface area contributed by atoms with Crippen LogP contribution in [0.5, 0.6) is 0 Å². The van der Waals surface area contributed by atoms with Crippen molar-refractivity contribution in [2.75, 3.05) is 6.61 Å². The highest BCUT2D eigenvalue weighted by Crippen LogP contribution is 2.11. The Bertz CT molecular complexity index is 337. The highest BCUT2D eigenvalue weighted by atomic mass is 79.9. The molecule has 0 aliphatic heterocycles. The molecule has 1 aromatic rings. The van der Waals surface area contributed by atoms with E-state index in [1.54, 1.807) is 6.92 Å². The van der Waals surface area contributed by atoms with Gasteiger partial charge in [0, 0.05) is 16.9 Å². The molecule has 0 aromatic heterocycles. The van der Waals surface area contributed by atoms with Gasteiger partial charge >= 0.3 is 5.97 Å². The number of benzene rings is 1. The van der Waals surface area contributed by atoms with Gasteiger partial charge in [0.2, 0.25) is 0 Å². The van der Waals surface area contributed by atoms with Crippen LogP contribution in [0.1, 0.15) is 18.9 Å². The van der Waals surface area contributed by atoms with Crippen molar-refractivity contribution in [2.45, 2.75) is 25.8 Å². The van der Waals surface area contributed by atoms with Crippen LogP contribution in [-0.4, -0.2) is 18.6 Å². The number of halogens is 1. The molecule has 1 rings (SSSR count). The predicted molar refractivity (Wildman–Crippen MR) is 67.1 cm³/mol. The van der Waals surface area contributed by atoms with Gasteiger partial charge in [0.25, 0.3) is 0 Å². The zero-order chi connectivity index (χ0) is 12.0. The average Bonchev–Trinajstić information content (AvgIpc) is 2.29. The number of carbonyl (C=O) groups excluding carboxylic acids is 1. The van der Waals surface area contributed by atoms with Crippen molar-refractivity contribution in [1.29, 1.82) is 0 Å². The summed E-state index contributed by atoms with van der Waals surface area (Å²) in [4.78, 5) is 10.9. The lowest BCUT2D eigenvalue weighted by Crippen LogP contribution is -2.29. The van der Waals surface area contributed by atoms with Crippen LogP contribution in [0.25, 0.3) is 0 Å². The van der Waals surface area contributed by atoms with Gasteiger partial charge in [0.15, 0.2) is 0 Å². The van der Waals surface area contributed by atoms with Crippen molar-refractivity contribution in [1.82, 2.24) is 0 Å². The number of carbonyl (C=O) groups is 1. The summed E-state index contributed by atoms with van der Waals surface area (Å²) in [6, 6.07) is 7.81. The first-order valence-corrected chi connectivity index (χ1v) is 6.06. The third-order valence-corrected chi connectivity index (χ3v) is 2.69. The Labute approximate surface area is 104 Å². The van der Waals surface area contributed by atoms with Gasteiger partial charge in [-0.05, 0) is 24.1 Å². The summed E-state index contributed by atoms with van der Waals surface area (Å²) in [5, 5.41) is 0. The lowest BCUT2D eigenvalue weighted by atomic mass is 10.1. The molecular formula is C12H16BrNO2. The second-order valence-electron chi connectivity index (χ2n) is 3.63. The molecule has 0 bridgehead atoms. The molecule has 0 aliphatic carbocycles. The Morgan fingerprint density at radius 2 is 2.06 bits per heavy atom. The number of ether oxygens (including phenoxy) is 1. The van der Waals surface area contributed by atoms with Crippen LogP contribution < -0.4 is 5.73 Å². The fourth-order valence-electron chi connectivity index (χ4n) is 1.28. The Morgan fingerprint density at radius 1 is 1.44 bits per heavy atom. The van der Waals surface area contributed by atoms with Crippen LogP contribution in [0, 0.1) is 0 Å². The molecule has 0 spiro atoms. The van der Waals surface area contributed by atoms with E-state index in [9.17, 15) is 4.79 Å². The molecule has 4 heteroatoms. The van der Waals surface area contributed by atoms with E-state index in [0.29, 0.717) is 12.8 Å². The first-order chi connectivity index (χ1) is 7.61. The smallest absolute Gasteiger partial charge is 0.305 e. The van der Waals surface area contributed by atoms with Crippen molar-refractivity contribution < 1.29 is 9.53 Å². The quantitative estimate of drug-likeness (QED) is 0.845. The molecule has 0 aliphatic rings. The summed E-state index contributed by atoms with van der Waals surface area (Å²) in [6.45, 7) is 2.05. The standard InChI is InChI=1S/C12H16BrNO2/c1-2-12(15)16-8-11(14)7-9-3-5-10(13)6-4-9/h3-6,11H,2,7-8,14H2,1H3/t11-/m1/s1. The van der Waals surface area contributed by atoms with Crippen LogP contribution in [0.4, 0.5) is 0 Å². The monoisotopic (exact) mass is 285 g/mol. The van der Waals surface area contributed by atoms with Crippen molar-refractivity contribution in [3.05, 3.63) is 34.3 Å². The summed E-state index contributed by atoms with van der Waals surface area (Å²) < 4.78 is 6.02. The van der Waals surface area contributed by atoms with E-state index in [1.807, 2.05) is 24.3 Å².